The number of carbonyl (C=O) groups excluding carboxylic acids is 2. The van der Waals surface area contributed by atoms with E-state index in [0.717, 1.165) is 11.1 Å². The second-order valence-electron chi connectivity index (χ2n) is 5.20. The topological polar surface area (TPSA) is 55.4 Å². The highest BCUT2D eigenvalue weighted by atomic mass is 19.1. The van der Waals surface area contributed by atoms with Crippen molar-refractivity contribution < 1.29 is 18.7 Å². The Hall–Kier alpha value is -2.95. The Morgan fingerprint density at radius 3 is 2.54 bits per heavy atom. The Morgan fingerprint density at radius 1 is 1.12 bits per heavy atom. The number of ether oxygens (including phenoxy) is 1. The minimum Gasteiger partial charge on any atom is -0.452 e. The van der Waals surface area contributed by atoms with Crippen molar-refractivity contribution in [3.8, 4) is 0 Å². The number of halogens is 1. The van der Waals surface area contributed by atoms with E-state index in [4.69, 9.17) is 4.74 Å². The fourth-order valence-electron chi connectivity index (χ4n) is 1.98. The van der Waals surface area contributed by atoms with Crippen molar-refractivity contribution in [1.82, 2.24) is 5.32 Å². The molecule has 0 saturated heterocycles. The van der Waals surface area contributed by atoms with Gasteiger partial charge < -0.3 is 10.1 Å². The van der Waals surface area contributed by atoms with Gasteiger partial charge in [-0.05, 0) is 41.8 Å². The van der Waals surface area contributed by atoms with Crippen molar-refractivity contribution in [2.24, 2.45) is 0 Å². The molecule has 2 aromatic carbocycles. The van der Waals surface area contributed by atoms with Crippen LogP contribution in [-0.2, 0) is 20.9 Å². The Bertz CT molecular complexity index is 739. The molecule has 0 aliphatic rings. The quantitative estimate of drug-likeness (QED) is 0.655. The summed E-state index contributed by atoms with van der Waals surface area (Å²) in [5, 5.41) is 2.69. The molecule has 124 valence electrons. The number of hydrogen-bond donors (Lipinski definition) is 1. The molecule has 0 unspecified atom stereocenters. The number of hydrogen-bond acceptors (Lipinski definition) is 3. The molecule has 0 radical (unpaired) electrons. The van der Waals surface area contributed by atoms with Crippen molar-refractivity contribution in [2.75, 3.05) is 6.61 Å². The monoisotopic (exact) mass is 327 g/mol. The normalized spacial score (nSPS) is 10.6. The number of nitrogens with one attached hydrogen (secondary N) is 1. The molecule has 0 atom stereocenters. The van der Waals surface area contributed by atoms with Gasteiger partial charge in [0.1, 0.15) is 5.82 Å². The van der Waals surface area contributed by atoms with Crippen LogP contribution in [0.15, 0.2) is 54.6 Å². The minimum atomic E-state index is -0.634. The predicted octanol–water partition coefficient (Wildman–Crippen LogP) is 3.01. The van der Waals surface area contributed by atoms with Crippen LogP contribution in [-0.4, -0.2) is 18.5 Å². The van der Waals surface area contributed by atoms with Crippen molar-refractivity contribution >= 4 is 18.0 Å². The first kappa shape index (κ1) is 17.4. The molecular formula is C19H18FNO3. The van der Waals surface area contributed by atoms with E-state index in [1.165, 1.54) is 36.4 Å². The zero-order valence-electron chi connectivity index (χ0n) is 13.3. The lowest BCUT2D eigenvalue weighted by Crippen LogP contribution is -2.28. The molecule has 5 heteroatoms. The fraction of sp³-hybridized carbons (Fsp3) is 0.158. The van der Waals surface area contributed by atoms with Crippen LogP contribution in [0.25, 0.3) is 6.08 Å². The van der Waals surface area contributed by atoms with Crippen LogP contribution >= 0.6 is 0 Å². The molecule has 0 heterocycles. The average Bonchev–Trinajstić information content (AvgIpc) is 2.58. The summed E-state index contributed by atoms with van der Waals surface area (Å²) < 4.78 is 17.6. The summed E-state index contributed by atoms with van der Waals surface area (Å²) in [4.78, 5) is 23.2. The summed E-state index contributed by atoms with van der Waals surface area (Å²) in [5.41, 5.74) is 2.75. The Morgan fingerprint density at radius 2 is 1.83 bits per heavy atom. The van der Waals surface area contributed by atoms with Crippen molar-refractivity contribution in [2.45, 2.75) is 13.5 Å². The number of benzene rings is 2. The smallest absolute Gasteiger partial charge is 0.331 e. The molecule has 24 heavy (non-hydrogen) atoms. The number of esters is 1. The van der Waals surface area contributed by atoms with Gasteiger partial charge in [-0.25, -0.2) is 9.18 Å². The van der Waals surface area contributed by atoms with Crippen molar-refractivity contribution in [3.63, 3.8) is 0 Å². The van der Waals surface area contributed by atoms with Crippen LogP contribution in [0.2, 0.25) is 0 Å². The maximum absolute atomic E-state index is 12.8. The average molecular weight is 327 g/mol. The summed E-state index contributed by atoms with van der Waals surface area (Å²) >= 11 is 0. The first-order valence-electron chi connectivity index (χ1n) is 7.46. The molecular weight excluding hydrogens is 309 g/mol. The van der Waals surface area contributed by atoms with Gasteiger partial charge in [0.15, 0.2) is 6.61 Å². The summed E-state index contributed by atoms with van der Waals surface area (Å²) in [5.74, 6) is -1.35. The molecule has 0 aromatic heterocycles. The van der Waals surface area contributed by atoms with E-state index in [9.17, 15) is 14.0 Å². The van der Waals surface area contributed by atoms with Crippen LogP contribution in [0.4, 0.5) is 4.39 Å². The fourth-order valence-corrected chi connectivity index (χ4v) is 1.98. The third kappa shape index (κ3) is 5.68. The van der Waals surface area contributed by atoms with Crippen LogP contribution in [0.1, 0.15) is 16.7 Å². The summed E-state index contributed by atoms with van der Waals surface area (Å²) in [6.07, 6.45) is 2.69. The molecule has 0 aliphatic carbocycles. The van der Waals surface area contributed by atoms with E-state index in [0.29, 0.717) is 12.1 Å². The first-order valence-corrected chi connectivity index (χ1v) is 7.46. The second-order valence-corrected chi connectivity index (χ2v) is 5.20. The van der Waals surface area contributed by atoms with E-state index in [1.807, 2.05) is 31.2 Å². The van der Waals surface area contributed by atoms with Crippen LogP contribution in [0.3, 0.4) is 0 Å². The van der Waals surface area contributed by atoms with Crippen molar-refractivity contribution in [1.29, 1.82) is 0 Å². The van der Waals surface area contributed by atoms with E-state index >= 15 is 0 Å². The molecule has 2 aromatic rings. The molecule has 1 N–H and O–H groups in total. The van der Waals surface area contributed by atoms with Gasteiger partial charge in [0, 0.05) is 12.6 Å². The standard InChI is InChI=1S/C19H18FNO3/c1-14-4-2-3-5-16(14)12-21-18(22)13-24-19(23)11-8-15-6-9-17(20)10-7-15/h2-11H,12-13H2,1H3,(H,21,22)/b11-8+. The zero-order valence-corrected chi connectivity index (χ0v) is 13.3. The lowest BCUT2D eigenvalue weighted by atomic mass is 10.1. The molecule has 1 amide bonds. The van der Waals surface area contributed by atoms with Gasteiger partial charge in [0.25, 0.3) is 5.91 Å². The Labute approximate surface area is 140 Å². The summed E-state index contributed by atoms with van der Waals surface area (Å²) in [6, 6.07) is 13.4. The SMILES string of the molecule is Cc1ccccc1CNC(=O)COC(=O)/C=C/c1ccc(F)cc1. The molecule has 0 aliphatic heterocycles. The van der Waals surface area contributed by atoms with Crippen LogP contribution < -0.4 is 5.32 Å². The number of amides is 1. The molecule has 4 nitrogen and oxygen atoms in total. The number of rotatable bonds is 6. The Balaban J connectivity index is 1.74. The van der Waals surface area contributed by atoms with Crippen molar-refractivity contribution in [3.05, 3.63) is 77.1 Å². The number of carbonyl (C=O) groups is 2. The minimum absolute atomic E-state index is 0.347. The first-order chi connectivity index (χ1) is 11.5. The van der Waals surface area contributed by atoms with E-state index in [1.54, 1.807) is 0 Å². The maximum Gasteiger partial charge on any atom is 0.331 e. The van der Waals surface area contributed by atoms with Gasteiger partial charge >= 0.3 is 5.97 Å². The van der Waals surface area contributed by atoms with Crippen LogP contribution in [0, 0.1) is 12.7 Å². The van der Waals surface area contributed by atoms with Gasteiger partial charge in [0.2, 0.25) is 0 Å². The lowest BCUT2D eigenvalue weighted by Gasteiger charge is -2.07. The van der Waals surface area contributed by atoms with Gasteiger partial charge in [0.05, 0.1) is 0 Å². The largest absolute Gasteiger partial charge is 0.452 e. The van der Waals surface area contributed by atoms with E-state index in [2.05, 4.69) is 5.32 Å². The molecule has 0 fully saturated rings. The predicted molar refractivity (Wildman–Crippen MR) is 89.4 cm³/mol. The molecule has 0 spiro atoms. The lowest BCUT2D eigenvalue weighted by molar-refractivity contribution is -0.143. The third-order valence-electron chi connectivity index (χ3n) is 3.36. The Kier molecular flexibility index (Phi) is 6.25. The maximum atomic E-state index is 12.8. The van der Waals surface area contributed by atoms with Crippen LogP contribution in [0.5, 0.6) is 0 Å². The summed E-state index contributed by atoms with van der Waals surface area (Å²) in [7, 11) is 0. The summed E-state index contributed by atoms with van der Waals surface area (Å²) in [6.45, 7) is 1.99. The number of aryl methyl sites for hydroxylation is 1. The van der Waals surface area contributed by atoms with Gasteiger partial charge in [-0.1, -0.05) is 36.4 Å². The van der Waals surface area contributed by atoms with Gasteiger partial charge in [-0.3, -0.25) is 4.79 Å². The zero-order chi connectivity index (χ0) is 17.4. The van der Waals surface area contributed by atoms with E-state index < -0.39 is 5.97 Å². The van der Waals surface area contributed by atoms with E-state index in [-0.39, 0.29) is 18.3 Å². The second kappa shape index (κ2) is 8.62. The van der Waals surface area contributed by atoms with Gasteiger partial charge in [-0.2, -0.15) is 0 Å². The highest BCUT2D eigenvalue weighted by Gasteiger charge is 2.05. The third-order valence-corrected chi connectivity index (χ3v) is 3.36. The molecule has 0 bridgehead atoms. The highest BCUT2D eigenvalue weighted by Crippen LogP contribution is 2.06. The molecule has 2 rings (SSSR count). The molecule has 0 saturated carbocycles. The van der Waals surface area contributed by atoms with Gasteiger partial charge in [-0.15, -0.1) is 0 Å². The highest BCUT2D eigenvalue weighted by molar-refractivity contribution is 5.89.